The minimum Gasteiger partial charge on any atom is -0.358 e. The van der Waals surface area contributed by atoms with Gasteiger partial charge in [-0.05, 0) is 25.1 Å². The van der Waals surface area contributed by atoms with Crippen LogP contribution in [0.1, 0.15) is 5.69 Å². The number of nitrogens with one attached hydrogen (secondary N) is 3. The van der Waals surface area contributed by atoms with Crippen LogP contribution >= 0.6 is 0 Å². The second-order valence-corrected chi connectivity index (χ2v) is 5.36. The van der Waals surface area contributed by atoms with Gasteiger partial charge in [0.15, 0.2) is 5.43 Å². The Bertz CT molecular complexity index is 1110. The van der Waals surface area contributed by atoms with Crippen molar-refractivity contribution in [1.29, 1.82) is 0 Å². The molecule has 3 rings (SSSR count). The van der Waals surface area contributed by atoms with Gasteiger partial charge in [-0.2, -0.15) is 0 Å². The molecule has 0 bridgehead atoms. The SMILES string of the molecule is Cc1cc(=O)c2cc(NC(=O)Cn3ccc(=O)[nH]c3=O)ccc2[nH]1. The smallest absolute Gasteiger partial charge is 0.328 e. The van der Waals surface area contributed by atoms with Crippen LogP contribution in [0.25, 0.3) is 10.9 Å². The quantitative estimate of drug-likeness (QED) is 0.643. The second kappa shape index (κ2) is 5.99. The van der Waals surface area contributed by atoms with Crippen molar-refractivity contribution >= 4 is 22.5 Å². The summed E-state index contributed by atoms with van der Waals surface area (Å²) >= 11 is 0. The first-order chi connectivity index (χ1) is 11.4. The molecule has 1 aromatic carbocycles. The molecule has 0 saturated heterocycles. The molecule has 3 aromatic rings. The highest BCUT2D eigenvalue weighted by Gasteiger charge is 2.07. The lowest BCUT2D eigenvalue weighted by Gasteiger charge is -2.08. The first kappa shape index (κ1) is 15.5. The first-order valence-corrected chi connectivity index (χ1v) is 7.16. The van der Waals surface area contributed by atoms with E-state index in [2.05, 4.69) is 15.3 Å². The van der Waals surface area contributed by atoms with Crippen LogP contribution in [-0.4, -0.2) is 20.4 Å². The van der Waals surface area contributed by atoms with E-state index in [4.69, 9.17) is 0 Å². The number of benzene rings is 1. The van der Waals surface area contributed by atoms with Gasteiger partial charge in [-0.1, -0.05) is 0 Å². The van der Waals surface area contributed by atoms with Crippen LogP contribution in [0.2, 0.25) is 0 Å². The molecule has 2 heterocycles. The van der Waals surface area contributed by atoms with Gasteiger partial charge in [-0.15, -0.1) is 0 Å². The van der Waals surface area contributed by atoms with Gasteiger partial charge in [0.25, 0.3) is 5.56 Å². The number of amides is 1. The van der Waals surface area contributed by atoms with Crippen LogP contribution in [-0.2, 0) is 11.3 Å². The number of aromatic amines is 2. The van der Waals surface area contributed by atoms with E-state index in [9.17, 15) is 19.2 Å². The fourth-order valence-electron chi connectivity index (χ4n) is 2.38. The maximum absolute atomic E-state index is 12.0. The number of pyridine rings is 1. The Hall–Kier alpha value is -3.42. The number of hydrogen-bond acceptors (Lipinski definition) is 4. The third-order valence-corrected chi connectivity index (χ3v) is 3.46. The molecule has 8 nitrogen and oxygen atoms in total. The molecule has 0 radical (unpaired) electrons. The van der Waals surface area contributed by atoms with E-state index in [-0.39, 0.29) is 12.0 Å². The summed E-state index contributed by atoms with van der Waals surface area (Å²) in [6.45, 7) is 1.54. The number of nitrogens with zero attached hydrogens (tertiary/aromatic N) is 1. The normalized spacial score (nSPS) is 10.7. The Kier molecular flexibility index (Phi) is 3.87. The molecule has 0 spiro atoms. The molecule has 2 aromatic heterocycles. The van der Waals surface area contributed by atoms with Gasteiger partial charge in [0.05, 0.1) is 0 Å². The molecule has 3 N–H and O–H groups in total. The number of aromatic nitrogens is 3. The number of fused-ring (bicyclic) bond motifs is 1. The molecule has 0 fully saturated rings. The average Bonchev–Trinajstić information content (AvgIpc) is 2.50. The molecule has 0 aliphatic carbocycles. The highest BCUT2D eigenvalue weighted by atomic mass is 16.2. The van der Waals surface area contributed by atoms with Crippen molar-refractivity contribution < 1.29 is 4.79 Å². The van der Waals surface area contributed by atoms with Crippen molar-refractivity contribution in [2.75, 3.05) is 5.32 Å². The van der Waals surface area contributed by atoms with Crippen LogP contribution in [0.5, 0.6) is 0 Å². The minimum atomic E-state index is -0.664. The summed E-state index contributed by atoms with van der Waals surface area (Å²) < 4.78 is 1.08. The van der Waals surface area contributed by atoms with Gasteiger partial charge >= 0.3 is 5.69 Å². The minimum absolute atomic E-state index is 0.144. The molecule has 122 valence electrons. The van der Waals surface area contributed by atoms with Gasteiger partial charge in [0, 0.05) is 40.6 Å². The fraction of sp³-hybridized carbons (Fsp3) is 0.125. The van der Waals surface area contributed by atoms with E-state index in [1.807, 2.05) is 0 Å². The summed E-state index contributed by atoms with van der Waals surface area (Å²) in [6, 6.07) is 7.57. The summed E-state index contributed by atoms with van der Waals surface area (Å²) in [5, 5.41) is 3.08. The highest BCUT2D eigenvalue weighted by molar-refractivity contribution is 5.93. The van der Waals surface area contributed by atoms with E-state index >= 15 is 0 Å². The Morgan fingerprint density at radius 1 is 1.12 bits per heavy atom. The third-order valence-electron chi connectivity index (χ3n) is 3.46. The van der Waals surface area contributed by atoms with E-state index in [1.54, 1.807) is 25.1 Å². The topological polar surface area (TPSA) is 117 Å². The predicted octanol–water partition coefficient (Wildman–Crippen LogP) is 0.325. The molecular formula is C16H14N4O4. The summed E-state index contributed by atoms with van der Waals surface area (Å²) in [5.74, 6) is -0.452. The van der Waals surface area contributed by atoms with Gasteiger partial charge < -0.3 is 10.3 Å². The molecule has 24 heavy (non-hydrogen) atoms. The summed E-state index contributed by atoms with van der Waals surface area (Å²) in [7, 11) is 0. The maximum atomic E-state index is 12.0. The van der Waals surface area contributed by atoms with Gasteiger partial charge in [-0.3, -0.25) is 23.9 Å². The number of H-pyrrole nitrogens is 2. The molecule has 0 atom stereocenters. The molecular weight excluding hydrogens is 312 g/mol. The van der Waals surface area contributed by atoms with E-state index in [1.165, 1.54) is 12.3 Å². The fourth-order valence-corrected chi connectivity index (χ4v) is 2.38. The van der Waals surface area contributed by atoms with Crippen LogP contribution in [0.3, 0.4) is 0 Å². The van der Waals surface area contributed by atoms with Crippen molar-refractivity contribution in [3.63, 3.8) is 0 Å². The molecule has 8 heteroatoms. The standard InChI is InChI=1S/C16H14N4O4/c1-9-6-13(21)11-7-10(2-3-12(11)17-9)18-15(23)8-20-5-4-14(22)19-16(20)24/h2-7H,8H2,1H3,(H,17,21)(H,18,23)(H,19,22,24). The lowest BCUT2D eigenvalue weighted by atomic mass is 10.1. The van der Waals surface area contributed by atoms with E-state index in [0.717, 1.165) is 16.3 Å². The number of rotatable bonds is 3. The molecule has 0 unspecified atom stereocenters. The Morgan fingerprint density at radius 3 is 2.67 bits per heavy atom. The Labute approximate surface area is 134 Å². The van der Waals surface area contributed by atoms with Gasteiger partial charge in [-0.25, -0.2) is 4.79 Å². The third kappa shape index (κ3) is 3.17. The Balaban J connectivity index is 1.84. The van der Waals surface area contributed by atoms with Crippen molar-refractivity contribution in [3.8, 4) is 0 Å². The first-order valence-electron chi connectivity index (χ1n) is 7.16. The molecule has 0 saturated carbocycles. The van der Waals surface area contributed by atoms with Gasteiger partial charge in [0.2, 0.25) is 5.91 Å². The van der Waals surface area contributed by atoms with Crippen LogP contribution < -0.4 is 22.0 Å². The number of aryl methyl sites for hydroxylation is 1. The second-order valence-electron chi connectivity index (χ2n) is 5.36. The maximum Gasteiger partial charge on any atom is 0.328 e. The van der Waals surface area contributed by atoms with Crippen LogP contribution in [0.4, 0.5) is 5.69 Å². The summed E-state index contributed by atoms with van der Waals surface area (Å²) in [5.41, 5.74) is 0.536. The largest absolute Gasteiger partial charge is 0.358 e. The number of hydrogen-bond donors (Lipinski definition) is 3. The van der Waals surface area contributed by atoms with Crippen molar-refractivity contribution in [3.05, 3.63) is 73.3 Å². The van der Waals surface area contributed by atoms with Crippen LogP contribution in [0, 0.1) is 6.92 Å². The monoisotopic (exact) mass is 326 g/mol. The average molecular weight is 326 g/mol. The van der Waals surface area contributed by atoms with Crippen molar-refractivity contribution in [2.45, 2.75) is 13.5 Å². The van der Waals surface area contributed by atoms with E-state index < -0.39 is 17.2 Å². The van der Waals surface area contributed by atoms with Crippen LogP contribution in [0.15, 0.2) is 50.9 Å². The number of anilines is 1. The van der Waals surface area contributed by atoms with E-state index in [0.29, 0.717) is 16.6 Å². The van der Waals surface area contributed by atoms with Crippen molar-refractivity contribution in [2.24, 2.45) is 0 Å². The number of carbonyl (C=O) groups excluding carboxylic acids is 1. The zero-order valence-corrected chi connectivity index (χ0v) is 12.8. The summed E-state index contributed by atoms with van der Waals surface area (Å²) in [6.07, 6.45) is 1.24. The number of carbonyl (C=O) groups is 1. The molecule has 0 aliphatic heterocycles. The predicted molar refractivity (Wildman–Crippen MR) is 89.3 cm³/mol. The molecule has 0 aliphatic rings. The van der Waals surface area contributed by atoms with Gasteiger partial charge in [0.1, 0.15) is 6.54 Å². The molecule has 1 amide bonds. The lowest BCUT2D eigenvalue weighted by molar-refractivity contribution is -0.116. The zero-order chi connectivity index (χ0) is 17.3. The Morgan fingerprint density at radius 2 is 1.92 bits per heavy atom. The zero-order valence-electron chi connectivity index (χ0n) is 12.8. The highest BCUT2D eigenvalue weighted by Crippen LogP contribution is 2.15. The summed E-state index contributed by atoms with van der Waals surface area (Å²) in [4.78, 5) is 51.7. The lowest BCUT2D eigenvalue weighted by Crippen LogP contribution is -2.32. The van der Waals surface area contributed by atoms with Crippen molar-refractivity contribution in [1.82, 2.24) is 14.5 Å².